The second-order valence-electron chi connectivity index (χ2n) is 5.94. The molecule has 0 aliphatic rings. The number of halogens is 1. The Morgan fingerprint density at radius 1 is 1.08 bits per heavy atom. The molecule has 0 saturated carbocycles. The van der Waals surface area contributed by atoms with Crippen LogP contribution < -0.4 is 11.0 Å². The lowest BCUT2D eigenvalue weighted by Gasteiger charge is -2.14. The normalized spacial score (nSPS) is 12.3. The molecule has 1 unspecified atom stereocenters. The summed E-state index contributed by atoms with van der Waals surface area (Å²) in [5.41, 5.74) is 2.40. The zero-order chi connectivity index (χ0) is 18.0. The van der Waals surface area contributed by atoms with Gasteiger partial charge in [-0.2, -0.15) is 0 Å². The summed E-state index contributed by atoms with van der Waals surface area (Å²) in [6, 6.07) is 14.7. The molecule has 0 bridgehead atoms. The van der Waals surface area contributed by atoms with Gasteiger partial charge in [-0.3, -0.25) is 13.9 Å². The molecule has 2 aromatic carbocycles. The first-order chi connectivity index (χ1) is 12.0. The molecule has 0 fully saturated rings. The van der Waals surface area contributed by atoms with Crippen molar-refractivity contribution in [2.75, 3.05) is 0 Å². The molecule has 3 rings (SSSR count). The Labute approximate surface area is 150 Å². The van der Waals surface area contributed by atoms with E-state index in [0.717, 1.165) is 16.6 Å². The van der Waals surface area contributed by atoms with Gasteiger partial charge in [0.25, 0.3) is 0 Å². The molecule has 130 valence electrons. The smallest absolute Gasteiger partial charge is 0.329 e. The van der Waals surface area contributed by atoms with Gasteiger partial charge in [0.1, 0.15) is 6.54 Å². The molecule has 6 heteroatoms. The third-order valence-corrected chi connectivity index (χ3v) is 4.54. The number of carbonyl (C=O) groups is 1. The molecule has 25 heavy (non-hydrogen) atoms. The molecule has 0 radical (unpaired) electrons. The summed E-state index contributed by atoms with van der Waals surface area (Å²) in [5, 5.41) is 3.59. The standard InChI is InChI=1S/C19H20ClN3O2/c1-3-22-16-6-4-5-7-17(16)23(19(22)25)12-18(24)21-13(2)14-8-10-15(20)11-9-14/h4-11,13H,3,12H2,1-2H3,(H,21,24). The van der Waals surface area contributed by atoms with Crippen molar-refractivity contribution in [3.63, 3.8) is 0 Å². The first kappa shape index (κ1) is 17.3. The lowest BCUT2D eigenvalue weighted by atomic mass is 10.1. The molecular weight excluding hydrogens is 338 g/mol. The fourth-order valence-electron chi connectivity index (χ4n) is 3.00. The third kappa shape index (κ3) is 3.46. The minimum absolute atomic E-state index is 0.00965. The quantitative estimate of drug-likeness (QED) is 0.761. The van der Waals surface area contributed by atoms with Crippen molar-refractivity contribution in [2.24, 2.45) is 0 Å². The van der Waals surface area contributed by atoms with Crippen LogP contribution in [0.2, 0.25) is 5.02 Å². The van der Waals surface area contributed by atoms with Crippen LogP contribution in [0.25, 0.3) is 11.0 Å². The van der Waals surface area contributed by atoms with Crippen LogP contribution in [0.1, 0.15) is 25.5 Å². The summed E-state index contributed by atoms with van der Waals surface area (Å²) >= 11 is 5.89. The van der Waals surface area contributed by atoms with E-state index >= 15 is 0 Å². The Balaban J connectivity index is 1.82. The number of hydrogen-bond acceptors (Lipinski definition) is 2. The van der Waals surface area contributed by atoms with E-state index < -0.39 is 0 Å². The van der Waals surface area contributed by atoms with Crippen molar-refractivity contribution in [1.82, 2.24) is 14.5 Å². The second-order valence-corrected chi connectivity index (χ2v) is 6.38. The Morgan fingerprint density at radius 2 is 1.68 bits per heavy atom. The van der Waals surface area contributed by atoms with Crippen LogP contribution in [0.5, 0.6) is 0 Å². The zero-order valence-electron chi connectivity index (χ0n) is 14.2. The number of nitrogens with zero attached hydrogens (tertiary/aromatic N) is 2. The van der Waals surface area contributed by atoms with Gasteiger partial charge >= 0.3 is 5.69 Å². The van der Waals surface area contributed by atoms with Crippen LogP contribution >= 0.6 is 11.6 Å². The van der Waals surface area contributed by atoms with E-state index in [1.54, 1.807) is 16.7 Å². The molecule has 0 spiro atoms. The van der Waals surface area contributed by atoms with Gasteiger partial charge in [0.2, 0.25) is 5.91 Å². The molecule has 1 amide bonds. The van der Waals surface area contributed by atoms with E-state index in [4.69, 9.17) is 11.6 Å². The van der Waals surface area contributed by atoms with Crippen LogP contribution in [-0.2, 0) is 17.9 Å². The highest BCUT2D eigenvalue weighted by molar-refractivity contribution is 6.30. The summed E-state index contributed by atoms with van der Waals surface area (Å²) in [6.07, 6.45) is 0. The summed E-state index contributed by atoms with van der Waals surface area (Å²) < 4.78 is 3.19. The van der Waals surface area contributed by atoms with E-state index in [1.165, 1.54) is 4.57 Å². The first-order valence-corrected chi connectivity index (χ1v) is 8.62. The number of rotatable bonds is 5. The van der Waals surface area contributed by atoms with Crippen LogP contribution in [0.15, 0.2) is 53.3 Å². The topological polar surface area (TPSA) is 56.0 Å². The fourth-order valence-corrected chi connectivity index (χ4v) is 3.12. The number of aromatic nitrogens is 2. The van der Waals surface area contributed by atoms with Crippen LogP contribution in [0, 0.1) is 0 Å². The van der Waals surface area contributed by atoms with E-state index in [-0.39, 0.29) is 24.2 Å². The van der Waals surface area contributed by atoms with Crippen LogP contribution in [0.4, 0.5) is 0 Å². The number of fused-ring (bicyclic) bond motifs is 1. The number of hydrogen-bond donors (Lipinski definition) is 1. The van der Waals surface area contributed by atoms with Crippen molar-refractivity contribution < 1.29 is 4.79 Å². The van der Waals surface area contributed by atoms with E-state index in [9.17, 15) is 9.59 Å². The summed E-state index contributed by atoms with van der Waals surface area (Å²) in [6.45, 7) is 4.37. The monoisotopic (exact) mass is 357 g/mol. The SMILES string of the molecule is CCn1c(=O)n(CC(=O)NC(C)c2ccc(Cl)cc2)c2ccccc21. The molecule has 1 atom stereocenters. The van der Waals surface area contributed by atoms with Gasteiger partial charge in [0.15, 0.2) is 0 Å². The largest absolute Gasteiger partial charge is 0.348 e. The number of nitrogens with one attached hydrogen (secondary N) is 1. The number of benzene rings is 2. The first-order valence-electron chi connectivity index (χ1n) is 8.24. The lowest BCUT2D eigenvalue weighted by Crippen LogP contribution is -2.34. The Morgan fingerprint density at radius 3 is 2.28 bits per heavy atom. The minimum atomic E-state index is -0.205. The molecule has 0 saturated heterocycles. The van der Waals surface area contributed by atoms with E-state index in [1.807, 2.05) is 50.2 Å². The highest BCUT2D eigenvalue weighted by Gasteiger charge is 2.16. The molecule has 1 N–H and O–H groups in total. The molecule has 3 aromatic rings. The predicted molar refractivity (Wildman–Crippen MR) is 99.9 cm³/mol. The minimum Gasteiger partial charge on any atom is -0.348 e. The number of imidazole rings is 1. The third-order valence-electron chi connectivity index (χ3n) is 4.29. The predicted octanol–water partition coefficient (Wildman–Crippen LogP) is 3.35. The van der Waals surface area contributed by atoms with Gasteiger partial charge in [-0.1, -0.05) is 35.9 Å². The van der Waals surface area contributed by atoms with E-state index in [0.29, 0.717) is 11.6 Å². The number of para-hydroxylation sites is 2. The van der Waals surface area contributed by atoms with Crippen molar-refractivity contribution in [3.05, 3.63) is 69.6 Å². The maximum Gasteiger partial charge on any atom is 0.329 e. The lowest BCUT2D eigenvalue weighted by molar-refractivity contribution is -0.122. The van der Waals surface area contributed by atoms with Gasteiger partial charge in [-0.25, -0.2) is 4.79 Å². The van der Waals surface area contributed by atoms with Gasteiger partial charge in [-0.15, -0.1) is 0 Å². The van der Waals surface area contributed by atoms with Crippen LogP contribution in [-0.4, -0.2) is 15.0 Å². The Bertz CT molecular complexity index is 957. The molecular formula is C19H20ClN3O2. The van der Waals surface area contributed by atoms with Gasteiger partial charge in [0, 0.05) is 11.6 Å². The average molecular weight is 358 g/mol. The fraction of sp³-hybridized carbons (Fsp3) is 0.263. The highest BCUT2D eigenvalue weighted by Crippen LogP contribution is 2.16. The highest BCUT2D eigenvalue weighted by atomic mass is 35.5. The van der Waals surface area contributed by atoms with E-state index in [2.05, 4.69) is 5.32 Å². The maximum atomic E-state index is 12.6. The summed E-state index contributed by atoms with van der Waals surface area (Å²) in [5.74, 6) is -0.205. The summed E-state index contributed by atoms with van der Waals surface area (Å²) in [7, 11) is 0. The Hall–Kier alpha value is -2.53. The number of aryl methyl sites for hydroxylation is 1. The van der Waals surface area contributed by atoms with Crippen LogP contribution in [0.3, 0.4) is 0 Å². The summed E-state index contributed by atoms with van der Waals surface area (Å²) in [4.78, 5) is 25.0. The Kier molecular flexibility index (Phi) is 4.95. The number of amides is 1. The van der Waals surface area contributed by atoms with Crippen molar-refractivity contribution in [3.8, 4) is 0 Å². The van der Waals surface area contributed by atoms with Crippen molar-refractivity contribution >= 4 is 28.5 Å². The molecule has 0 aliphatic carbocycles. The van der Waals surface area contributed by atoms with Crippen molar-refractivity contribution in [2.45, 2.75) is 33.0 Å². The van der Waals surface area contributed by atoms with Crippen molar-refractivity contribution in [1.29, 1.82) is 0 Å². The molecule has 5 nitrogen and oxygen atoms in total. The zero-order valence-corrected chi connectivity index (χ0v) is 15.0. The average Bonchev–Trinajstić information content (AvgIpc) is 2.87. The molecule has 0 aliphatic heterocycles. The molecule has 1 heterocycles. The molecule has 1 aromatic heterocycles. The maximum absolute atomic E-state index is 12.6. The van der Waals surface area contributed by atoms with Gasteiger partial charge in [-0.05, 0) is 43.7 Å². The van der Waals surface area contributed by atoms with Gasteiger partial charge < -0.3 is 5.32 Å². The van der Waals surface area contributed by atoms with Gasteiger partial charge in [0.05, 0.1) is 17.1 Å². The number of carbonyl (C=O) groups excluding carboxylic acids is 1. The second kappa shape index (κ2) is 7.15.